The molecule has 2 bridgehead atoms. The van der Waals surface area contributed by atoms with Gasteiger partial charge < -0.3 is 10.3 Å². The molecule has 1 amide bonds. The normalized spacial score (nSPS) is 22.0. The molecule has 6 heteroatoms. The smallest absolute Gasteiger partial charge is 0.207 e. The van der Waals surface area contributed by atoms with E-state index < -0.39 is 0 Å². The third kappa shape index (κ3) is 4.93. The van der Waals surface area contributed by atoms with Crippen molar-refractivity contribution >= 4 is 22.3 Å². The molecule has 2 unspecified atom stereocenters. The van der Waals surface area contributed by atoms with Gasteiger partial charge in [0.25, 0.3) is 0 Å². The van der Waals surface area contributed by atoms with E-state index in [1.165, 1.54) is 37.1 Å². The predicted octanol–water partition coefficient (Wildman–Crippen LogP) is 5.07. The first-order chi connectivity index (χ1) is 14.2. The second-order valence-electron chi connectivity index (χ2n) is 7.83. The summed E-state index contributed by atoms with van der Waals surface area (Å²) in [6, 6.07) is 12.1. The zero-order valence-electron chi connectivity index (χ0n) is 16.2. The molecule has 0 radical (unpaired) electrons. The second kappa shape index (κ2) is 9.35. The summed E-state index contributed by atoms with van der Waals surface area (Å²) in [5, 5.41) is 2.54. The molecule has 2 N–H and O–H groups in total. The molecule has 0 aliphatic heterocycles. The highest BCUT2D eigenvalue weighted by atomic mass is 79.9. The molecule has 1 aromatic carbocycles. The van der Waals surface area contributed by atoms with Crippen LogP contribution in [0, 0.1) is 11.8 Å². The van der Waals surface area contributed by atoms with Crippen LogP contribution in [0.5, 0.6) is 0 Å². The number of pyridine rings is 1. The number of imidazole rings is 1. The molecule has 3 aromatic rings. The number of carbonyl (C=O) groups is 1. The minimum atomic E-state index is 0.553. The number of carbonyl (C=O) groups excluding carboxylic acids is 1. The summed E-state index contributed by atoms with van der Waals surface area (Å²) in [6.07, 6.45) is 11.7. The van der Waals surface area contributed by atoms with Crippen LogP contribution in [0.1, 0.15) is 43.0 Å². The monoisotopic (exact) mass is 452 g/mol. The molecule has 2 fully saturated rings. The maximum absolute atomic E-state index is 9.85. The van der Waals surface area contributed by atoms with Crippen LogP contribution in [0.3, 0.4) is 0 Å². The lowest BCUT2D eigenvalue weighted by atomic mass is 9.88. The summed E-state index contributed by atoms with van der Waals surface area (Å²) < 4.78 is 1.11. The van der Waals surface area contributed by atoms with E-state index in [0.29, 0.717) is 18.9 Å². The van der Waals surface area contributed by atoms with E-state index in [-0.39, 0.29) is 0 Å². The fourth-order valence-corrected chi connectivity index (χ4v) is 4.81. The molecular weight excluding hydrogens is 428 g/mol. The Hall–Kier alpha value is -2.47. The highest BCUT2D eigenvalue weighted by Crippen LogP contribution is 2.52. The largest absolute Gasteiger partial charge is 0.355 e. The second-order valence-corrected chi connectivity index (χ2v) is 8.75. The van der Waals surface area contributed by atoms with E-state index in [1.54, 1.807) is 12.4 Å². The lowest BCUT2D eigenvalue weighted by molar-refractivity contribution is -0.109. The summed E-state index contributed by atoms with van der Waals surface area (Å²) >= 11 is 3.47. The molecule has 5 nitrogen and oxygen atoms in total. The van der Waals surface area contributed by atoms with Crippen molar-refractivity contribution in [1.82, 2.24) is 20.3 Å². The molecule has 3 atom stereocenters. The lowest BCUT2D eigenvalue weighted by Crippen LogP contribution is -2.09. The van der Waals surface area contributed by atoms with Crippen molar-refractivity contribution < 1.29 is 4.79 Å². The number of H-pyrrole nitrogens is 1. The number of hydrogen-bond acceptors (Lipinski definition) is 3. The Morgan fingerprint density at radius 2 is 2.00 bits per heavy atom. The summed E-state index contributed by atoms with van der Waals surface area (Å²) in [5.41, 5.74) is 3.37. The summed E-state index contributed by atoms with van der Waals surface area (Å²) in [4.78, 5) is 21.9. The maximum atomic E-state index is 9.85. The predicted molar refractivity (Wildman–Crippen MR) is 117 cm³/mol. The van der Waals surface area contributed by atoms with Gasteiger partial charge in [-0.25, -0.2) is 4.98 Å². The van der Waals surface area contributed by atoms with E-state index in [2.05, 4.69) is 60.5 Å². The topological polar surface area (TPSA) is 70.7 Å². The average Bonchev–Trinajstić information content (AvgIpc) is 3.51. The number of aromatic amines is 1. The van der Waals surface area contributed by atoms with Crippen molar-refractivity contribution in [2.24, 2.45) is 11.8 Å². The van der Waals surface area contributed by atoms with Crippen LogP contribution in [-0.2, 0) is 11.3 Å². The van der Waals surface area contributed by atoms with Crippen LogP contribution >= 0.6 is 15.9 Å². The van der Waals surface area contributed by atoms with E-state index in [9.17, 15) is 4.79 Å². The minimum absolute atomic E-state index is 0.553. The zero-order valence-corrected chi connectivity index (χ0v) is 17.8. The van der Waals surface area contributed by atoms with Gasteiger partial charge in [0.05, 0.1) is 11.9 Å². The molecule has 5 rings (SSSR count). The van der Waals surface area contributed by atoms with Crippen LogP contribution < -0.4 is 5.32 Å². The van der Waals surface area contributed by atoms with Gasteiger partial charge in [-0.05, 0) is 60.4 Å². The fraction of sp³-hybridized carbons (Fsp3) is 0.348. The zero-order chi connectivity index (χ0) is 20.1. The van der Waals surface area contributed by atoms with Gasteiger partial charge in [0.15, 0.2) is 0 Å². The minimum Gasteiger partial charge on any atom is -0.355 e. The number of aromatic nitrogens is 3. The Morgan fingerprint density at radius 1 is 1.14 bits per heavy atom. The quantitative estimate of drug-likeness (QED) is 0.530. The Bertz CT molecular complexity index is 926. The van der Waals surface area contributed by atoms with Gasteiger partial charge in [-0.2, -0.15) is 0 Å². The fourth-order valence-electron chi connectivity index (χ4n) is 4.54. The van der Waals surface area contributed by atoms with Crippen LogP contribution in [0.25, 0.3) is 11.3 Å². The van der Waals surface area contributed by atoms with Gasteiger partial charge in [0.2, 0.25) is 6.41 Å². The Kier molecular flexibility index (Phi) is 6.39. The van der Waals surface area contributed by atoms with Crippen molar-refractivity contribution in [1.29, 1.82) is 0 Å². The summed E-state index contributed by atoms with van der Waals surface area (Å²) in [7, 11) is 0. The van der Waals surface area contributed by atoms with Gasteiger partial charge in [-0.3, -0.25) is 9.78 Å². The van der Waals surface area contributed by atoms with Crippen molar-refractivity contribution in [3.8, 4) is 11.3 Å². The van der Waals surface area contributed by atoms with E-state index >= 15 is 0 Å². The number of nitrogens with one attached hydrogen (secondary N) is 2. The number of hydrogen-bond donors (Lipinski definition) is 2. The third-order valence-corrected chi connectivity index (χ3v) is 6.48. The first-order valence-electron chi connectivity index (χ1n) is 10.1. The highest BCUT2D eigenvalue weighted by Gasteiger charge is 2.41. The van der Waals surface area contributed by atoms with Gasteiger partial charge in [-0.1, -0.05) is 40.5 Å². The number of halogens is 1. The van der Waals surface area contributed by atoms with Crippen molar-refractivity contribution in [2.45, 2.75) is 38.1 Å². The number of nitrogens with zero attached hydrogens (tertiary/aromatic N) is 2. The van der Waals surface area contributed by atoms with E-state index in [4.69, 9.17) is 0 Å². The molecule has 0 saturated heterocycles. The van der Waals surface area contributed by atoms with Crippen LogP contribution in [0.2, 0.25) is 0 Å². The third-order valence-electron chi connectivity index (χ3n) is 5.95. The summed E-state index contributed by atoms with van der Waals surface area (Å²) in [6.45, 7) is 0.553. The molecule has 29 heavy (non-hydrogen) atoms. The average molecular weight is 453 g/mol. The number of rotatable bonds is 5. The van der Waals surface area contributed by atoms with Crippen LogP contribution in [0.4, 0.5) is 0 Å². The first-order valence-corrected chi connectivity index (χ1v) is 10.9. The lowest BCUT2D eigenvalue weighted by Gasteiger charge is -2.19. The van der Waals surface area contributed by atoms with Crippen molar-refractivity contribution in [2.75, 3.05) is 0 Å². The molecule has 2 aliphatic carbocycles. The van der Waals surface area contributed by atoms with Crippen molar-refractivity contribution in [3.05, 3.63) is 70.8 Å². The molecule has 2 saturated carbocycles. The Morgan fingerprint density at radius 3 is 2.66 bits per heavy atom. The molecule has 0 spiro atoms. The van der Waals surface area contributed by atoms with Crippen LogP contribution in [0.15, 0.2) is 59.5 Å². The highest BCUT2D eigenvalue weighted by molar-refractivity contribution is 9.10. The Labute approximate surface area is 179 Å². The van der Waals surface area contributed by atoms with Gasteiger partial charge in [0.1, 0.15) is 5.82 Å². The molecule has 2 heterocycles. The number of amides is 1. The number of fused-ring (bicyclic) bond motifs is 2. The van der Waals surface area contributed by atoms with Gasteiger partial charge in [0, 0.05) is 29.3 Å². The standard InChI is InChI=1S/C16H17BrN2.C7H8N2O/c17-13-5-3-11(4-6-13)15-9-18-16(19-15)14-8-10-1-2-12(14)7-10;10-6-9-5-7-2-1-3-8-4-7/h3-6,9-10,12,14H,1-2,7-8H2,(H,18,19);1-4,6H,5H2,(H,9,10)/t10?,12?,14-;/m1./s1. The molecular formula is C23H25BrN4O. The van der Waals surface area contributed by atoms with E-state index in [1.807, 2.05) is 18.3 Å². The van der Waals surface area contributed by atoms with Gasteiger partial charge in [-0.15, -0.1) is 0 Å². The van der Waals surface area contributed by atoms with Crippen LogP contribution in [-0.4, -0.2) is 21.4 Å². The van der Waals surface area contributed by atoms with Gasteiger partial charge >= 0.3 is 0 Å². The first kappa shape index (κ1) is 19.8. The summed E-state index contributed by atoms with van der Waals surface area (Å²) in [5.74, 6) is 3.75. The number of benzene rings is 1. The maximum Gasteiger partial charge on any atom is 0.207 e. The van der Waals surface area contributed by atoms with E-state index in [0.717, 1.165) is 27.6 Å². The molecule has 2 aromatic heterocycles. The Balaban J connectivity index is 0.000000174. The molecule has 150 valence electrons. The molecule has 2 aliphatic rings. The SMILES string of the molecule is Brc1ccc(-c2cnc([C@@H]3CC4CCC3C4)[nH]2)cc1.O=CNCc1cccnc1. The van der Waals surface area contributed by atoms with Crippen molar-refractivity contribution in [3.63, 3.8) is 0 Å².